The molecule has 2 aromatic carbocycles. The highest BCUT2D eigenvalue weighted by Crippen LogP contribution is 2.53. The van der Waals surface area contributed by atoms with Crippen molar-refractivity contribution in [3.05, 3.63) is 60.2 Å². The van der Waals surface area contributed by atoms with Crippen LogP contribution in [0.3, 0.4) is 0 Å². The number of anilines is 2. The van der Waals surface area contributed by atoms with Crippen molar-refractivity contribution in [2.45, 2.75) is 25.0 Å². The van der Waals surface area contributed by atoms with Crippen LogP contribution >= 0.6 is 0 Å². The van der Waals surface area contributed by atoms with Crippen LogP contribution in [-0.4, -0.2) is 12.8 Å². The predicted octanol–water partition coefficient (Wildman–Crippen LogP) is 3.84. The van der Waals surface area contributed by atoms with E-state index in [1.165, 1.54) is 16.9 Å². The van der Waals surface area contributed by atoms with Gasteiger partial charge in [-0.05, 0) is 30.2 Å². The highest BCUT2D eigenvalue weighted by atomic mass is 16.5. The molecule has 0 saturated carbocycles. The minimum atomic E-state index is 0.117. The number of nitrogens with zero attached hydrogens (tertiary/aromatic N) is 1. The lowest BCUT2D eigenvalue weighted by atomic mass is 9.82. The van der Waals surface area contributed by atoms with E-state index in [0.29, 0.717) is 0 Å². The largest absolute Gasteiger partial charge is 0.357 e. The van der Waals surface area contributed by atoms with Crippen LogP contribution in [0.1, 0.15) is 18.9 Å². The Morgan fingerprint density at radius 2 is 1.79 bits per heavy atom. The lowest BCUT2D eigenvalue weighted by Crippen LogP contribution is -2.37. The molecule has 4 rings (SSSR count). The Bertz CT molecular complexity index is 610. The molecule has 2 aliphatic heterocycles. The highest BCUT2D eigenvalue weighted by molar-refractivity contribution is 5.73. The average Bonchev–Trinajstić information content (AvgIpc) is 2.94. The van der Waals surface area contributed by atoms with E-state index < -0.39 is 0 Å². The zero-order valence-corrected chi connectivity index (χ0v) is 11.0. The summed E-state index contributed by atoms with van der Waals surface area (Å²) in [6, 6.07) is 19.2. The Kier molecular flexibility index (Phi) is 2.24. The number of para-hydroxylation sites is 2. The fourth-order valence-electron chi connectivity index (χ4n) is 3.47. The Hall–Kier alpha value is -1.80. The molecule has 1 fully saturated rings. The zero-order chi connectivity index (χ0) is 12.9. The summed E-state index contributed by atoms with van der Waals surface area (Å²) in [6.07, 6.45) is 1.23. The molecule has 0 aliphatic carbocycles. The quantitative estimate of drug-likeness (QED) is 0.763. The number of rotatable bonds is 1. The number of fused-ring (bicyclic) bond motifs is 3. The number of ether oxygens (including phenoxy) is 1. The van der Waals surface area contributed by atoms with E-state index in [1.54, 1.807) is 0 Å². The monoisotopic (exact) mass is 251 g/mol. The van der Waals surface area contributed by atoms with Gasteiger partial charge in [-0.1, -0.05) is 43.3 Å². The molecule has 19 heavy (non-hydrogen) atoms. The van der Waals surface area contributed by atoms with Gasteiger partial charge < -0.3 is 9.64 Å². The van der Waals surface area contributed by atoms with Crippen LogP contribution in [0.15, 0.2) is 54.6 Å². The molecule has 96 valence electrons. The minimum absolute atomic E-state index is 0.117. The van der Waals surface area contributed by atoms with E-state index in [2.05, 4.69) is 66.4 Å². The summed E-state index contributed by atoms with van der Waals surface area (Å²) in [7, 11) is 0. The van der Waals surface area contributed by atoms with E-state index in [9.17, 15) is 0 Å². The summed E-state index contributed by atoms with van der Waals surface area (Å²) in [4.78, 5) is 2.35. The van der Waals surface area contributed by atoms with Crippen molar-refractivity contribution in [2.24, 2.45) is 0 Å². The molecule has 1 saturated heterocycles. The van der Waals surface area contributed by atoms with E-state index in [4.69, 9.17) is 4.74 Å². The van der Waals surface area contributed by atoms with Gasteiger partial charge in [0.2, 0.25) is 0 Å². The molecular formula is C17H17NO. The Balaban J connectivity index is 1.92. The molecule has 0 spiro atoms. The second-order valence-corrected chi connectivity index (χ2v) is 5.61. The normalized spacial score (nSPS) is 28.3. The first-order valence-electron chi connectivity index (χ1n) is 6.86. The van der Waals surface area contributed by atoms with Gasteiger partial charge in [-0.2, -0.15) is 0 Å². The third-order valence-corrected chi connectivity index (χ3v) is 4.49. The van der Waals surface area contributed by atoms with Crippen molar-refractivity contribution in [1.82, 2.24) is 0 Å². The number of hydrogen-bond donors (Lipinski definition) is 0. The van der Waals surface area contributed by atoms with Gasteiger partial charge in [0.1, 0.15) is 6.23 Å². The Morgan fingerprint density at radius 3 is 2.63 bits per heavy atom. The van der Waals surface area contributed by atoms with Gasteiger partial charge >= 0.3 is 0 Å². The van der Waals surface area contributed by atoms with Gasteiger partial charge in [-0.25, -0.2) is 0 Å². The topological polar surface area (TPSA) is 12.5 Å². The summed E-state index contributed by atoms with van der Waals surface area (Å²) >= 11 is 0. The summed E-state index contributed by atoms with van der Waals surface area (Å²) in [6.45, 7) is 3.17. The van der Waals surface area contributed by atoms with Gasteiger partial charge in [-0.15, -0.1) is 0 Å². The smallest absolute Gasteiger partial charge is 0.144 e. The third-order valence-electron chi connectivity index (χ3n) is 4.49. The maximum Gasteiger partial charge on any atom is 0.144 e. The molecule has 2 unspecified atom stereocenters. The lowest BCUT2D eigenvalue weighted by molar-refractivity contribution is 0.0961. The molecule has 0 amide bonds. The van der Waals surface area contributed by atoms with Crippen LogP contribution < -0.4 is 4.90 Å². The standard InChI is InChI=1S/C17H17NO/c1-17-11-12-19-16(17)18(13-7-3-2-4-8-13)15-10-6-5-9-14(15)17/h2-10,16H,11-12H2,1H3. The fraction of sp³-hybridized carbons (Fsp3) is 0.294. The number of hydrogen-bond acceptors (Lipinski definition) is 2. The summed E-state index contributed by atoms with van der Waals surface area (Å²) in [5.41, 5.74) is 4.04. The maximum absolute atomic E-state index is 6.06. The molecule has 2 atom stereocenters. The summed E-state index contributed by atoms with van der Waals surface area (Å²) in [5, 5.41) is 0. The van der Waals surface area contributed by atoms with Crippen LogP contribution in [-0.2, 0) is 10.2 Å². The molecule has 0 radical (unpaired) electrons. The average molecular weight is 251 g/mol. The molecule has 2 aliphatic rings. The molecular weight excluding hydrogens is 234 g/mol. The van der Waals surface area contributed by atoms with E-state index in [1.807, 2.05) is 0 Å². The second kappa shape index (κ2) is 3.84. The highest BCUT2D eigenvalue weighted by Gasteiger charge is 2.52. The van der Waals surface area contributed by atoms with Gasteiger partial charge in [0.05, 0.1) is 6.61 Å². The van der Waals surface area contributed by atoms with Crippen LogP contribution in [0, 0.1) is 0 Å². The fourth-order valence-corrected chi connectivity index (χ4v) is 3.47. The van der Waals surface area contributed by atoms with E-state index in [0.717, 1.165) is 13.0 Å². The van der Waals surface area contributed by atoms with Crippen LogP contribution in [0.25, 0.3) is 0 Å². The van der Waals surface area contributed by atoms with Crippen LogP contribution in [0.5, 0.6) is 0 Å². The van der Waals surface area contributed by atoms with Gasteiger partial charge in [0, 0.05) is 16.8 Å². The molecule has 0 N–H and O–H groups in total. The first-order chi connectivity index (χ1) is 9.31. The molecule has 0 aromatic heterocycles. The van der Waals surface area contributed by atoms with E-state index >= 15 is 0 Å². The van der Waals surface area contributed by atoms with Crippen molar-refractivity contribution in [3.8, 4) is 0 Å². The van der Waals surface area contributed by atoms with Crippen molar-refractivity contribution in [3.63, 3.8) is 0 Å². The molecule has 2 heterocycles. The van der Waals surface area contributed by atoms with Gasteiger partial charge in [0.25, 0.3) is 0 Å². The number of benzene rings is 2. The van der Waals surface area contributed by atoms with Gasteiger partial charge in [0.15, 0.2) is 0 Å². The van der Waals surface area contributed by atoms with Crippen molar-refractivity contribution >= 4 is 11.4 Å². The molecule has 2 heteroatoms. The predicted molar refractivity (Wildman–Crippen MR) is 76.7 cm³/mol. The first kappa shape index (κ1) is 11.1. The van der Waals surface area contributed by atoms with Crippen molar-refractivity contribution in [2.75, 3.05) is 11.5 Å². The van der Waals surface area contributed by atoms with Crippen molar-refractivity contribution in [1.29, 1.82) is 0 Å². The minimum Gasteiger partial charge on any atom is -0.357 e. The Morgan fingerprint density at radius 1 is 1.05 bits per heavy atom. The third kappa shape index (κ3) is 1.41. The van der Waals surface area contributed by atoms with Crippen LogP contribution in [0.4, 0.5) is 11.4 Å². The van der Waals surface area contributed by atoms with Gasteiger partial charge in [-0.3, -0.25) is 0 Å². The van der Waals surface area contributed by atoms with E-state index in [-0.39, 0.29) is 11.6 Å². The zero-order valence-electron chi connectivity index (χ0n) is 11.0. The molecule has 2 nitrogen and oxygen atoms in total. The first-order valence-corrected chi connectivity index (χ1v) is 6.86. The van der Waals surface area contributed by atoms with Crippen LogP contribution in [0.2, 0.25) is 0 Å². The maximum atomic E-state index is 6.06. The SMILES string of the molecule is CC12CCOC1N(c1ccccc1)c1ccccc12. The molecule has 0 bridgehead atoms. The van der Waals surface area contributed by atoms with Crippen molar-refractivity contribution < 1.29 is 4.74 Å². The second-order valence-electron chi connectivity index (χ2n) is 5.61. The Labute approximate surface area is 113 Å². The summed E-state index contributed by atoms with van der Waals surface area (Å²) in [5.74, 6) is 0. The summed E-state index contributed by atoms with van der Waals surface area (Å²) < 4.78 is 6.06. The molecule has 2 aromatic rings. The lowest BCUT2D eigenvalue weighted by Gasteiger charge is -2.29.